The second kappa shape index (κ2) is 8.44. The number of carbonyl (C=O) groups is 2. The molecule has 6 nitrogen and oxygen atoms in total. The third-order valence-electron chi connectivity index (χ3n) is 3.59. The summed E-state index contributed by atoms with van der Waals surface area (Å²) in [7, 11) is 1.62. The number of carbonyl (C=O) groups excluding carboxylic acids is 1. The molecule has 1 atom stereocenters. The van der Waals surface area contributed by atoms with Crippen LogP contribution in [0.15, 0.2) is 29.6 Å². The average molecular weight is 348 g/mol. The molecule has 1 aromatic carbocycles. The third kappa shape index (κ3) is 5.06. The maximum atomic E-state index is 12.0. The molecule has 0 bridgehead atoms. The molecule has 0 spiro atoms. The van der Waals surface area contributed by atoms with Crippen molar-refractivity contribution in [3.8, 4) is 5.75 Å². The highest BCUT2D eigenvalue weighted by Gasteiger charge is 2.12. The molecule has 1 aromatic heterocycles. The molecule has 0 saturated carbocycles. The molecule has 128 valence electrons. The van der Waals surface area contributed by atoms with Gasteiger partial charge in [0.05, 0.1) is 12.1 Å². The summed E-state index contributed by atoms with van der Waals surface area (Å²) >= 11 is 1.29. The molecule has 0 aliphatic carbocycles. The van der Waals surface area contributed by atoms with Crippen molar-refractivity contribution in [2.45, 2.75) is 25.7 Å². The van der Waals surface area contributed by atoms with Gasteiger partial charge in [0, 0.05) is 24.8 Å². The molecule has 2 aromatic rings. The standard InChI is InChI=1S/C17H20N2O4S/c1-11(12-4-3-5-13(9-12)23-2)8-15(20)18-7-6-16-19-14(10-24-16)17(21)22/h3-5,9-11H,6-8H2,1-2H3,(H,18,20)(H,21,22). The molecule has 1 unspecified atom stereocenters. The van der Waals surface area contributed by atoms with Crippen LogP contribution in [-0.4, -0.2) is 35.6 Å². The smallest absolute Gasteiger partial charge is 0.355 e. The van der Waals surface area contributed by atoms with E-state index in [2.05, 4.69) is 10.3 Å². The van der Waals surface area contributed by atoms with Crippen molar-refractivity contribution in [2.24, 2.45) is 0 Å². The predicted octanol–water partition coefficient (Wildman–Crippen LogP) is 2.70. The Hall–Kier alpha value is -2.41. The number of nitrogens with one attached hydrogen (secondary N) is 1. The SMILES string of the molecule is COc1cccc(C(C)CC(=O)NCCc2nc(C(=O)O)cs2)c1. The quantitative estimate of drug-likeness (QED) is 0.766. The minimum Gasteiger partial charge on any atom is -0.497 e. The van der Waals surface area contributed by atoms with Gasteiger partial charge in [0.25, 0.3) is 0 Å². The molecular weight excluding hydrogens is 328 g/mol. The lowest BCUT2D eigenvalue weighted by Crippen LogP contribution is -2.26. The Kier molecular flexibility index (Phi) is 6.31. The highest BCUT2D eigenvalue weighted by atomic mass is 32.1. The Bertz CT molecular complexity index is 714. The zero-order chi connectivity index (χ0) is 17.5. The first kappa shape index (κ1) is 17.9. The predicted molar refractivity (Wildman–Crippen MR) is 91.8 cm³/mol. The maximum absolute atomic E-state index is 12.0. The Balaban J connectivity index is 1.78. The summed E-state index contributed by atoms with van der Waals surface area (Å²) < 4.78 is 5.19. The molecule has 0 aliphatic rings. The lowest BCUT2D eigenvalue weighted by molar-refractivity contribution is -0.121. The minimum absolute atomic E-state index is 0.0414. The van der Waals surface area contributed by atoms with Crippen LogP contribution in [0.4, 0.5) is 0 Å². The number of carboxylic acids is 1. The Morgan fingerprint density at radius 1 is 1.42 bits per heavy atom. The zero-order valence-corrected chi connectivity index (χ0v) is 14.4. The van der Waals surface area contributed by atoms with Crippen LogP contribution < -0.4 is 10.1 Å². The van der Waals surface area contributed by atoms with Crippen molar-refractivity contribution in [1.82, 2.24) is 10.3 Å². The van der Waals surface area contributed by atoms with E-state index in [1.165, 1.54) is 16.7 Å². The number of hydrogen-bond donors (Lipinski definition) is 2. The number of rotatable bonds is 8. The van der Waals surface area contributed by atoms with Gasteiger partial charge in [-0.3, -0.25) is 4.79 Å². The Morgan fingerprint density at radius 2 is 2.21 bits per heavy atom. The van der Waals surface area contributed by atoms with Gasteiger partial charge in [0.2, 0.25) is 5.91 Å². The highest BCUT2D eigenvalue weighted by Crippen LogP contribution is 2.23. The van der Waals surface area contributed by atoms with E-state index in [1.54, 1.807) is 7.11 Å². The lowest BCUT2D eigenvalue weighted by Gasteiger charge is -2.13. The summed E-state index contributed by atoms with van der Waals surface area (Å²) in [6.07, 6.45) is 0.905. The van der Waals surface area contributed by atoms with Crippen LogP contribution in [0.1, 0.15) is 40.3 Å². The average Bonchev–Trinajstić information content (AvgIpc) is 3.04. The largest absolute Gasteiger partial charge is 0.497 e. The number of ether oxygens (including phenoxy) is 1. The molecule has 0 saturated heterocycles. The van der Waals surface area contributed by atoms with Crippen molar-refractivity contribution >= 4 is 23.2 Å². The van der Waals surface area contributed by atoms with Crippen molar-refractivity contribution in [1.29, 1.82) is 0 Å². The van der Waals surface area contributed by atoms with Crippen LogP contribution in [-0.2, 0) is 11.2 Å². The van der Waals surface area contributed by atoms with Crippen molar-refractivity contribution < 1.29 is 19.4 Å². The van der Waals surface area contributed by atoms with Gasteiger partial charge in [-0.2, -0.15) is 0 Å². The van der Waals surface area contributed by atoms with E-state index in [9.17, 15) is 9.59 Å². The van der Waals surface area contributed by atoms with Gasteiger partial charge in [-0.05, 0) is 23.6 Å². The van der Waals surface area contributed by atoms with E-state index in [0.29, 0.717) is 24.4 Å². The third-order valence-corrected chi connectivity index (χ3v) is 4.49. The monoisotopic (exact) mass is 348 g/mol. The van der Waals surface area contributed by atoms with Gasteiger partial charge in [-0.25, -0.2) is 9.78 Å². The van der Waals surface area contributed by atoms with Crippen LogP contribution in [0.3, 0.4) is 0 Å². The summed E-state index contributed by atoms with van der Waals surface area (Å²) in [5, 5.41) is 13.9. The summed E-state index contributed by atoms with van der Waals surface area (Å²) in [6, 6.07) is 7.69. The fourth-order valence-electron chi connectivity index (χ4n) is 2.25. The van der Waals surface area contributed by atoms with E-state index < -0.39 is 5.97 Å². The molecular formula is C17H20N2O4S. The first-order valence-corrected chi connectivity index (χ1v) is 8.46. The van der Waals surface area contributed by atoms with Gasteiger partial charge in [0.1, 0.15) is 5.75 Å². The summed E-state index contributed by atoms with van der Waals surface area (Å²) in [5.74, 6) is -0.217. The first-order chi connectivity index (χ1) is 11.5. The summed E-state index contributed by atoms with van der Waals surface area (Å²) in [5.41, 5.74) is 1.10. The molecule has 0 radical (unpaired) electrons. The Morgan fingerprint density at radius 3 is 2.88 bits per heavy atom. The van der Waals surface area contributed by atoms with Gasteiger partial charge >= 0.3 is 5.97 Å². The molecule has 2 rings (SSSR count). The number of amides is 1. The molecule has 1 amide bonds. The van der Waals surface area contributed by atoms with Gasteiger partial charge in [-0.1, -0.05) is 19.1 Å². The number of hydrogen-bond acceptors (Lipinski definition) is 5. The van der Waals surface area contributed by atoms with Crippen LogP contribution in [0, 0.1) is 0 Å². The number of aromatic carboxylic acids is 1. The fraction of sp³-hybridized carbons (Fsp3) is 0.353. The van der Waals surface area contributed by atoms with Crippen molar-refractivity contribution in [3.63, 3.8) is 0 Å². The van der Waals surface area contributed by atoms with Crippen LogP contribution in [0.25, 0.3) is 0 Å². The number of nitrogens with zero attached hydrogens (tertiary/aromatic N) is 1. The summed E-state index contributed by atoms with van der Waals surface area (Å²) in [4.78, 5) is 26.8. The first-order valence-electron chi connectivity index (χ1n) is 7.58. The lowest BCUT2D eigenvalue weighted by atomic mass is 9.97. The van der Waals surface area contributed by atoms with Gasteiger partial charge in [-0.15, -0.1) is 11.3 Å². The molecule has 24 heavy (non-hydrogen) atoms. The van der Waals surface area contributed by atoms with Crippen LogP contribution >= 0.6 is 11.3 Å². The topological polar surface area (TPSA) is 88.5 Å². The second-order valence-corrected chi connectivity index (χ2v) is 6.36. The van der Waals surface area contributed by atoms with Crippen molar-refractivity contribution in [2.75, 3.05) is 13.7 Å². The maximum Gasteiger partial charge on any atom is 0.355 e. The fourth-order valence-corrected chi connectivity index (χ4v) is 3.02. The van der Waals surface area contributed by atoms with Gasteiger partial charge in [0.15, 0.2) is 5.69 Å². The van der Waals surface area contributed by atoms with Gasteiger partial charge < -0.3 is 15.2 Å². The normalized spacial score (nSPS) is 11.8. The van der Waals surface area contributed by atoms with Crippen LogP contribution in [0.2, 0.25) is 0 Å². The van der Waals surface area contributed by atoms with E-state index >= 15 is 0 Å². The molecule has 0 fully saturated rings. The summed E-state index contributed by atoms with van der Waals surface area (Å²) in [6.45, 7) is 2.44. The van der Waals surface area contributed by atoms with E-state index in [4.69, 9.17) is 9.84 Å². The zero-order valence-electron chi connectivity index (χ0n) is 13.6. The molecule has 1 heterocycles. The molecule has 2 N–H and O–H groups in total. The number of aromatic nitrogens is 1. The molecule has 0 aliphatic heterocycles. The van der Waals surface area contributed by atoms with E-state index in [1.807, 2.05) is 31.2 Å². The van der Waals surface area contributed by atoms with Crippen LogP contribution in [0.5, 0.6) is 5.75 Å². The number of thiazole rings is 1. The second-order valence-electron chi connectivity index (χ2n) is 5.41. The number of benzene rings is 1. The Labute approximate surface area is 144 Å². The van der Waals surface area contributed by atoms with Crippen molar-refractivity contribution in [3.05, 3.63) is 45.9 Å². The number of carboxylic acid groups (broad SMARTS) is 1. The highest BCUT2D eigenvalue weighted by molar-refractivity contribution is 7.09. The van der Waals surface area contributed by atoms with E-state index in [0.717, 1.165) is 11.3 Å². The van der Waals surface area contributed by atoms with E-state index in [-0.39, 0.29) is 17.5 Å². The molecule has 7 heteroatoms. The number of methoxy groups -OCH3 is 1. The minimum atomic E-state index is -1.03.